The van der Waals surface area contributed by atoms with E-state index in [1.54, 1.807) is 0 Å². The Morgan fingerprint density at radius 3 is 2.48 bits per heavy atom. The van der Waals surface area contributed by atoms with E-state index < -0.39 is 15.8 Å². The molecule has 4 nitrogen and oxygen atoms in total. The molecule has 0 aromatic heterocycles. The molecule has 2 aromatic carbocycles. The van der Waals surface area contributed by atoms with Crippen molar-refractivity contribution < 1.29 is 12.8 Å². The Balaban J connectivity index is 2.27. The van der Waals surface area contributed by atoms with E-state index in [0.29, 0.717) is 5.56 Å². The Kier molecular flexibility index (Phi) is 4.29. The Labute approximate surface area is 123 Å². The zero-order valence-corrected chi connectivity index (χ0v) is 12.7. The van der Waals surface area contributed by atoms with E-state index in [1.807, 2.05) is 31.2 Å². The molecule has 0 radical (unpaired) electrons. The van der Waals surface area contributed by atoms with Gasteiger partial charge in [-0.15, -0.1) is 0 Å². The minimum Gasteiger partial charge on any atom is -0.396 e. The topological polar surface area (TPSA) is 72.2 Å². The first-order chi connectivity index (χ1) is 9.81. The number of aryl methyl sites for hydroxylation is 2. The van der Waals surface area contributed by atoms with Crippen LogP contribution in [0.2, 0.25) is 0 Å². The number of benzene rings is 2. The maximum Gasteiger partial charge on any atom is 0.241 e. The normalized spacial score (nSPS) is 11.6. The first kappa shape index (κ1) is 15.5. The van der Waals surface area contributed by atoms with Crippen LogP contribution in [0.15, 0.2) is 41.3 Å². The second-order valence-electron chi connectivity index (χ2n) is 4.89. The van der Waals surface area contributed by atoms with Gasteiger partial charge in [-0.3, -0.25) is 0 Å². The van der Waals surface area contributed by atoms with Crippen LogP contribution in [0.5, 0.6) is 0 Å². The second-order valence-corrected chi connectivity index (χ2v) is 6.63. The molecule has 0 saturated heterocycles. The van der Waals surface area contributed by atoms with Gasteiger partial charge in [-0.25, -0.2) is 17.5 Å². The average Bonchev–Trinajstić information content (AvgIpc) is 2.42. The summed E-state index contributed by atoms with van der Waals surface area (Å²) in [5.74, 6) is -0.620. The van der Waals surface area contributed by atoms with Crippen molar-refractivity contribution in [3.63, 3.8) is 0 Å². The molecule has 0 amide bonds. The molecular weight excluding hydrogens is 291 g/mol. The lowest BCUT2D eigenvalue weighted by atomic mass is 10.1. The lowest BCUT2D eigenvalue weighted by Gasteiger charge is -2.11. The average molecular weight is 308 g/mol. The van der Waals surface area contributed by atoms with Gasteiger partial charge < -0.3 is 5.73 Å². The van der Waals surface area contributed by atoms with Crippen LogP contribution in [0, 0.1) is 19.7 Å². The van der Waals surface area contributed by atoms with Gasteiger partial charge in [0.1, 0.15) is 5.82 Å². The summed E-state index contributed by atoms with van der Waals surface area (Å²) in [6.07, 6.45) is 0. The van der Waals surface area contributed by atoms with Crippen molar-refractivity contribution in [2.45, 2.75) is 25.3 Å². The lowest BCUT2D eigenvalue weighted by Crippen LogP contribution is -2.24. The first-order valence-electron chi connectivity index (χ1n) is 6.41. The third kappa shape index (κ3) is 3.40. The zero-order chi connectivity index (χ0) is 15.6. The van der Waals surface area contributed by atoms with Crippen LogP contribution < -0.4 is 10.5 Å². The molecule has 0 fully saturated rings. The van der Waals surface area contributed by atoms with Crippen LogP contribution >= 0.6 is 0 Å². The van der Waals surface area contributed by atoms with Gasteiger partial charge in [0, 0.05) is 6.54 Å². The van der Waals surface area contributed by atoms with Crippen LogP contribution in [0.1, 0.15) is 16.7 Å². The highest BCUT2D eigenvalue weighted by Crippen LogP contribution is 2.21. The van der Waals surface area contributed by atoms with Gasteiger partial charge in [0.2, 0.25) is 10.0 Å². The number of nitrogens with one attached hydrogen (secondary N) is 1. The molecule has 2 aromatic rings. The molecular formula is C15H17FN2O2S. The number of rotatable bonds is 4. The van der Waals surface area contributed by atoms with Crippen LogP contribution in [-0.4, -0.2) is 8.42 Å². The summed E-state index contributed by atoms with van der Waals surface area (Å²) in [6.45, 7) is 3.61. The highest BCUT2D eigenvalue weighted by molar-refractivity contribution is 7.89. The second kappa shape index (κ2) is 5.83. The molecule has 2 rings (SSSR count). The van der Waals surface area contributed by atoms with Crippen LogP contribution in [0.4, 0.5) is 10.1 Å². The number of hydrogen-bond donors (Lipinski definition) is 2. The van der Waals surface area contributed by atoms with E-state index in [2.05, 4.69) is 4.72 Å². The van der Waals surface area contributed by atoms with Gasteiger partial charge in [-0.1, -0.05) is 24.3 Å². The SMILES string of the molecule is Cc1ccccc1CNS(=O)(=O)c1cc(N)c(F)cc1C. The Bertz CT molecular complexity index is 773. The van der Waals surface area contributed by atoms with Crippen molar-refractivity contribution in [2.24, 2.45) is 0 Å². The van der Waals surface area contributed by atoms with Gasteiger partial charge in [-0.05, 0) is 42.7 Å². The minimum atomic E-state index is -3.74. The number of halogens is 1. The minimum absolute atomic E-state index is 0.00464. The third-order valence-electron chi connectivity index (χ3n) is 3.30. The Hall–Kier alpha value is -1.92. The molecule has 0 aliphatic carbocycles. The Morgan fingerprint density at radius 1 is 1.14 bits per heavy atom. The standard InChI is InChI=1S/C15H17FN2O2S/c1-10-5-3-4-6-12(10)9-18-21(19,20)15-8-14(17)13(16)7-11(15)2/h3-8,18H,9,17H2,1-2H3. The smallest absolute Gasteiger partial charge is 0.241 e. The van der Waals surface area contributed by atoms with E-state index in [9.17, 15) is 12.8 Å². The zero-order valence-electron chi connectivity index (χ0n) is 11.9. The molecule has 21 heavy (non-hydrogen) atoms. The highest BCUT2D eigenvalue weighted by Gasteiger charge is 2.18. The monoisotopic (exact) mass is 308 g/mol. The van der Waals surface area contributed by atoms with Gasteiger partial charge >= 0.3 is 0 Å². The van der Waals surface area contributed by atoms with E-state index in [0.717, 1.165) is 23.3 Å². The molecule has 6 heteroatoms. The van der Waals surface area contributed by atoms with E-state index in [1.165, 1.54) is 6.92 Å². The quantitative estimate of drug-likeness (QED) is 0.852. The molecule has 0 heterocycles. The summed E-state index contributed by atoms with van der Waals surface area (Å²) in [6, 6.07) is 9.76. The molecule has 0 bridgehead atoms. The van der Waals surface area contributed by atoms with Crippen molar-refractivity contribution >= 4 is 15.7 Å². The van der Waals surface area contributed by atoms with Gasteiger partial charge in [0.15, 0.2) is 0 Å². The fraction of sp³-hybridized carbons (Fsp3) is 0.200. The molecule has 0 unspecified atom stereocenters. The van der Waals surface area contributed by atoms with Crippen LogP contribution in [-0.2, 0) is 16.6 Å². The molecule has 0 aliphatic heterocycles. The molecule has 0 saturated carbocycles. The van der Waals surface area contributed by atoms with E-state index in [-0.39, 0.29) is 17.1 Å². The summed E-state index contributed by atoms with van der Waals surface area (Å²) in [5, 5.41) is 0. The number of nitrogen functional groups attached to an aromatic ring is 1. The van der Waals surface area contributed by atoms with Crippen molar-refractivity contribution in [1.29, 1.82) is 0 Å². The summed E-state index contributed by atoms with van der Waals surface area (Å²) in [5.41, 5.74) is 7.46. The van der Waals surface area contributed by atoms with Gasteiger partial charge in [-0.2, -0.15) is 0 Å². The van der Waals surface area contributed by atoms with Crippen molar-refractivity contribution in [1.82, 2.24) is 4.72 Å². The molecule has 112 valence electrons. The largest absolute Gasteiger partial charge is 0.396 e. The summed E-state index contributed by atoms with van der Waals surface area (Å²) in [4.78, 5) is -0.00464. The van der Waals surface area contributed by atoms with E-state index in [4.69, 9.17) is 5.73 Å². The maximum absolute atomic E-state index is 13.3. The Morgan fingerprint density at radius 2 is 1.81 bits per heavy atom. The van der Waals surface area contributed by atoms with E-state index >= 15 is 0 Å². The number of hydrogen-bond acceptors (Lipinski definition) is 3. The van der Waals surface area contributed by atoms with Gasteiger partial charge in [0.05, 0.1) is 10.6 Å². The summed E-state index contributed by atoms with van der Waals surface area (Å²) >= 11 is 0. The molecule has 0 atom stereocenters. The molecule has 0 aliphatic rings. The number of anilines is 1. The fourth-order valence-electron chi connectivity index (χ4n) is 2.02. The lowest BCUT2D eigenvalue weighted by molar-refractivity contribution is 0.579. The highest BCUT2D eigenvalue weighted by atomic mass is 32.2. The fourth-order valence-corrected chi connectivity index (χ4v) is 3.28. The third-order valence-corrected chi connectivity index (χ3v) is 4.84. The predicted octanol–water partition coefficient (Wildman–Crippen LogP) is 2.50. The number of nitrogens with two attached hydrogens (primary N) is 1. The summed E-state index contributed by atoms with van der Waals surface area (Å²) < 4.78 is 40.4. The first-order valence-corrected chi connectivity index (χ1v) is 7.89. The van der Waals surface area contributed by atoms with Crippen molar-refractivity contribution in [3.8, 4) is 0 Å². The van der Waals surface area contributed by atoms with Gasteiger partial charge in [0.25, 0.3) is 0 Å². The van der Waals surface area contributed by atoms with Crippen molar-refractivity contribution in [2.75, 3.05) is 5.73 Å². The number of sulfonamides is 1. The van der Waals surface area contributed by atoms with Crippen molar-refractivity contribution in [3.05, 3.63) is 58.9 Å². The maximum atomic E-state index is 13.3. The van der Waals surface area contributed by atoms with Crippen LogP contribution in [0.25, 0.3) is 0 Å². The summed E-state index contributed by atoms with van der Waals surface area (Å²) in [7, 11) is -3.74. The predicted molar refractivity (Wildman–Crippen MR) is 80.8 cm³/mol. The molecule has 0 spiro atoms. The molecule has 3 N–H and O–H groups in total. The van der Waals surface area contributed by atoms with Crippen LogP contribution in [0.3, 0.4) is 0 Å².